The molecular weight excluding hydrogens is 496 g/mol. The average Bonchev–Trinajstić information content (AvgIpc) is 3.59. The number of fused-ring (bicyclic) bond motifs is 3. The second-order valence-corrected chi connectivity index (χ2v) is 13.1. The van der Waals surface area contributed by atoms with Crippen molar-refractivity contribution in [2.45, 2.75) is 69.1 Å². The van der Waals surface area contributed by atoms with Crippen LogP contribution in [0.15, 0.2) is 35.9 Å². The third kappa shape index (κ3) is 4.39. The van der Waals surface area contributed by atoms with Crippen molar-refractivity contribution in [2.75, 3.05) is 32.9 Å². The lowest BCUT2D eigenvalue weighted by atomic mass is 9.49. The quantitative estimate of drug-likeness (QED) is 0.494. The van der Waals surface area contributed by atoms with Gasteiger partial charge in [0.2, 0.25) is 11.8 Å². The minimum Gasteiger partial charge on any atom is -0.486 e. The fraction of sp³-hybridized carbons (Fsp3) is 0.677. The fourth-order valence-corrected chi connectivity index (χ4v) is 9.33. The highest BCUT2D eigenvalue weighted by atomic mass is 16.5. The number of carbonyl (C=O) groups is 2. The first-order valence-electron chi connectivity index (χ1n) is 14.9. The first kappa shape index (κ1) is 25.5. The summed E-state index contributed by atoms with van der Waals surface area (Å²) in [6, 6.07) is 6.94. The van der Waals surface area contributed by atoms with E-state index in [9.17, 15) is 19.8 Å². The fourth-order valence-electron chi connectivity index (χ4n) is 9.33. The number of aliphatic hydroxyl groups is 2. The Bertz CT molecular complexity index is 1120. The molecule has 8 heteroatoms. The number of nitrogens with one attached hydrogen (secondary N) is 1. The summed E-state index contributed by atoms with van der Waals surface area (Å²) in [7, 11) is 0. The number of rotatable bonds is 7. The molecule has 2 heterocycles. The molecule has 2 amide bonds. The summed E-state index contributed by atoms with van der Waals surface area (Å²) in [4.78, 5) is 29.6. The van der Waals surface area contributed by atoms with E-state index in [0.717, 1.165) is 42.6 Å². The molecule has 8 nitrogen and oxygen atoms in total. The predicted molar refractivity (Wildman–Crippen MR) is 143 cm³/mol. The topological polar surface area (TPSA) is 108 Å². The zero-order chi connectivity index (χ0) is 26.7. The van der Waals surface area contributed by atoms with Crippen LogP contribution in [0.4, 0.5) is 0 Å². The predicted octanol–water partition coefficient (Wildman–Crippen LogP) is 2.39. The largest absolute Gasteiger partial charge is 0.486 e. The normalized spacial score (nSPS) is 39.5. The molecule has 4 bridgehead atoms. The molecule has 0 aromatic heterocycles. The minimum atomic E-state index is -0.975. The first-order valence-corrected chi connectivity index (χ1v) is 14.9. The lowest BCUT2D eigenvalue weighted by Gasteiger charge is -2.58. The molecule has 39 heavy (non-hydrogen) atoms. The van der Waals surface area contributed by atoms with E-state index in [-0.39, 0.29) is 36.3 Å². The lowest BCUT2D eigenvalue weighted by molar-refractivity contribution is -0.149. The van der Waals surface area contributed by atoms with Crippen LogP contribution >= 0.6 is 0 Å². The van der Waals surface area contributed by atoms with Gasteiger partial charge in [-0.15, -0.1) is 0 Å². The maximum atomic E-state index is 14.2. The molecule has 7 aliphatic rings. The Labute approximate surface area is 229 Å². The maximum absolute atomic E-state index is 14.2. The molecule has 0 radical (unpaired) electrons. The highest BCUT2D eigenvalue weighted by Crippen LogP contribution is 2.60. The van der Waals surface area contributed by atoms with Crippen LogP contribution in [0.2, 0.25) is 0 Å². The van der Waals surface area contributed by atoms with Crippen molar-refractivity contribution in [2.24, 2.45) is 29.1 Å². The molecule has 1 aromatic carbocycles. The van der Waals surface area contributed by atoms with Crippen molar-refractivity contribution < 1.29 is 29.3 Å². The summed E-state index contributed by atoms with van der Waals surface area (Å²) < 4.78 is 11.9. The van der Waals surface area contributed by atoms with E-state index >= 15 is 0 Å². The van der Waals surface area contributed by atoms with Crippen molar-refractivity contribution in [3.63, 3.8) is 0 Å². The van der Waals surface area contributed by atoms with Crippen LogP contribution in [0.25, 0.3) is 0 Å². The van der Waals surface area contributed by atoms with Crippen LogP contribution < -0.4 is 10.1 Å². The molecule has 1 saturated heterocycles. The molecule has 1 aromatic rings. The Balaban J connectivity index is 1.27. The van der Waals surface area contributed by atoms with Crippen molar-refractivity contribution in [3.8, 4) is 5.75 Å². The number of nitrogens with zero attached hydrogens (tertiary/aromatic N) is 1. The second kappa shape index (κ2) is 9.89. The number of ether oxygens (including phenoxy) is 2. The van der Waals surface area contributed by atoms with Gasteiger partial charge in [-0.2, -0.15) is 0 Å². The lowest BCUT2D eigenvalue weighted by Crippen LogP contribution is -2.60. The van der Waals surface area contributed by atoms with Gasteiger partial charge in [0.25, 0.3) is 0 Å². The van der Waals surface area contributed by atoms with E-state index in [0.29, 0.717) is 37.5 Å². The van der Waals surface area contributed by atoms with E-state index in [1.807, 2.05) is 35.2 Å². The van der Waals surface area contributed by atoms with Crippen LogP contribution in [0.5, 0.6) is 5.75 Å². The maximum Gasteiger partial charge on any atom is 0.247 e. The number of carbonyl (C=O) groups excluding carboxylic acids is 2. The van der Waals surface area contributed by atoms with Gasteiger partial charge in [-0.25, -0.2) is 0 Å². The van der Waals surface area contributed by atoms with Crippen LogP contribution in [0.1, 0.15) is 56.4 Å². The van der Waals surface area contributed by atoms with E-state index in [4.69, 9.17) is 9.47 Å². The van der Waals surface area contributed by atoms with Gasteiger partial charge in [0.1, 0.15) is 18.0 Å². The van der Waals surface area contributed by atoms with Crippen LogP contribution in [0, 0.1) is 29.1 Å². The van der Waals surface area contributed by atoms with Gasteiger partial charge in [-0.05, 0) is 80.3 Å². The van der Waals surface area contributed by atoms with E-state index in [2.05, 4.69) is 5.32 Å². The molecule has 5 atom stereocenters. The Hall–Kier alpha value is -2.42. The van der Waals surface area contributed by atoms with Crippen LogP contribution in [-0.2, 0) is 14.3 Å². The highest BCUT2D eigenvalue weighted by molar-refractivity contribution is 5.96. The van der Waals surface area contributed by atoms with Crippen molar-refractivity contribution in [1.29, 1.82) is 0 Å². The molecule has 5 fully saturated rings. The van der Waals surface area contributed by atoms with Gasteiger partial charge in [-0.3, -0.25) is 9.59 Å². The second-order valence-electron chi connectivity index (χ2n) is 13.1. The van der Waals surface area contributed by atoms with Gasteiger partial charge in [-0.1, -0.05) is 18.2 Å². The number of benzene rings is 1. The number of aliphatic hydroxyl groups excluding tert-OH is 2. The SMILES string of the molecule is O=C(NCCO)C1=CC(N(CC23CC4CC(CC(C4)C2)C3)C(=O)C2CCOC2)C(O)C2Oc3ccccc3C12. The molecule has 3 N–H and O–H groups in total. The molecule has 2 aliphatic heterocycles. The smallest absolute Gasteiger partial charge is 0.247 e. The summed E-state index contributed by atoms with van der Waals surface area (Å²) in [6.07, 6.45) is 8.27. The van der Waals surface area contributed by atoms with Crippen molar-refractivity contribution in [3.05, 3.63) is 41.5 Å². The molecular formula is C31H40N2O6. The summed E-state index contributed by atoms with van der Waals surface area (Å²) in [5.74, 6) is 1.96. The van der Waals surface area contributed by atoms with Gasteiger partial charge >= 0.3 is 0 Å². The van der Waals surface area contributed by atoms with Gasteiger partial charge < -0.3 is 29.9 Å². The van der Waals surface area contributed by atoms with Crippen LogP contribution in [0.3, 0.4) is 0 Å². The summed E-state index contributed by atoms with van der Waals surface area (Å²) >= 11 is 0. The monoisotopic (exact) mass is 536 g/mol. The zero-order valence-electron chi connectivity index (χ0n) is 22.5. The zero-order valence-corrected chi connectivity index (χ0v) is 22.5. The van der Waals surface area contributed by atoms with E-state index < -0.39 is 24.2 Å². The molecule has 5 unspecified atom stereocenters. The average molecular weight is 537 g/mol. The Morgan fingerprint density at radius 1 is 1.08 bits per heavy atom. The van der Waals surface area contributed by atoms with Gasteiger partial charge in [0.15, 0.2) is 0 Å². The van der Waals surface area contributed by atoms with Crippen LogP contribution in [-0.4, -0.2) is 78.1 Å². The summed E-state index contributed by atoms with van der Waals surface area (Å²) in [6.45, 7) is 1.56. The molecule has 0 spiro atoms. The molecule has 210 valence electrons. The molecule has 8 rings (SSSR count). The third-order valence-corrected chi connectivity index (χ3v) is 10.5. The minimum absolute atomic E-state index is 0.0209. The number of para-hydroxylation sites is 1. The first-order chi connectivity index (χ1) is 18.9. The standard InChI is InChI=1S/C31H40N2O6/c34-7-6-32-29(36)23-12-24(27(35)28-26(23)22-3-1-2-4-25(22)39-28)33(30(37)21-5-8-38-16-21)17-31-13-18-9-19(14-31)11-20(10-18)15-31/h1-4,12,18-21,24,26-28,34-35H,5-11,13-17H2,(H,32,36). The number of hydrogen-bond donors (Lipinski definition) is 3. The Morgan fingerprint density at radius 3 is 2.46 bits per heavy atom. The molecule has 4 saturated carbocycles. The van der Waals surface area contributed by atoms with E-state index in [1.165, 1.54) is 19.3 Å². The Morgan fingerprint density at radius 2 is 1.79 bits per heavy atom. The Kier molecular flexibility index (Phi) is 6.48. The molecule has 5 aliphatic carbocycles. The summed E-state index contributed by atoms with van der Waals surface area (Å²) in [5, 5.41) is 24.1. The third-order valence-electron chi connectivity index (χ3n) is 10.5. The van der Waals surface area contributed by atoms with E-state index in [1.54, 1.807) is 0 Å². The van der Waals surface area contributed by atoms with Gasteiger partial charge in [0.05, 0.1) is 31.1 Å². The summed E-state index contributed by atoms with van der Waals surface area (Å²) in [5.41, 5.74) is 1.45. The van der Waals surface area contributed by atoms with Gasteiger partial charge in [0, 0.05) is 30.8 Å². The number of amides is 2. The number of hydrogen-bond acceptors (Lipinski definition) is 6. The highest BCUT2D eigenvalue weighted by Gasteiger charge is 2.55. The van der Waals surface area contributed by atoms with Crippen molar-refractivity contribution in [1.82, 2.24) is 10.2 Å². The van der Waals surface area contributed by atoms with Crippen molar-refractivity contribution >= 4 is 11.8 Å².